The van der Waals surface area contributed by atoms with Gasteiger partial charge >= 0.3 is 6.09 Å². The van der Waals surface area contributed by atoms with Crippen molar-refractivity contribution >= 4 is 52.5 Å². The molecular weight excluding hydrogens is 503 g/mol. The van der Waals surface area contributed by atoms with Gasteiger partial charge in [0.15, 0.2) is 11.1 Å². The van der Waals surface area contributed by atoms with E-state index in [0.717, 1.165) is 23.7 Å². The molecule has 1 heterocycles. The summed E-state index contributed by atoms with van der Waals surface area (Å²) in [5.41, 5.74) is 0.0146. The molecule has 1 aromatic heterocycles. The quantitative estimate of drug-likeness (QED) is 0.265. The van der Waals surface area contributed by atoms with Crippen molar-refractivity contribution in [3.8, 4) is 0 Å². The fraction of sp³-hybridized carbons (Fsp3) is 0.737. The zero-order valence-electron chi connectivity index (χ0n) is 18.9. The summed E-state index contributed by atoms with van der Waals surface area (Å²) < 4.78 is 5.42. The fourth-order valence-electron chi connectivity index (χ4n) is 2.47. The fourth-order valence-corrected chi connectivity index (χ4v) is 3.23. The molecule has 0 aliphatic heterocycles. The van der Waals surface area contributed by atoms with Crippen LogP contribution in [0.25, 0.3) is 0 Å². The van der Waals surface area contributed by atoms with Crippen molar-refractivity contribution in [1.29, 1.82) is 0 Å². The van der Waals surface area contributed by atoms with Crippen LogP contribution in [-0.2, 0) is 11.3 Å². The van der Waals surface area contributed by atoms with E-state index in [9.17, 15) is 4.79 Å². The number of halogens is 1. The van der Waals surface area contributed by atoms with Crippen molar-refractivity contribution < 1.29 is 9.53 Å². The van der Waals surface area contributed by atoms with Crippen LogP contribution >= 0.6 is 35.3 Å². The maximum atomic E-state index is 12.3. The van der Waals surface area contributed by atoms with Crippen molar-refractivity contribution in [2.45, 2.75) is 65.1 Å². The number of aliphatic imine (C=N–C) groups is 1. The number of ether oxygens (including phenoxy) is 1. The van der Waals surface area contributed by atoms with Gasteiger partial charge in [-0.1, -0.05) is 13.8 Å². The van der Waals surface area contributed by atoms with Gasteiger partial charge in [-0.05, 0) is 33.6 Å². The second-order valence-corrected chi connectivity index (χ2v) is 8.75. The standard InChI is InChI=1S/C19H36N6O2S.HI/c1-9-19(10-2,24-17(26)27-18(3,4)5)13-22-15(20-6)21-11-14-12-28-16(23-14)25(7)8;/h12H,9-11,13H2,1-8H3,(H,24,26)(H2,20,21,22);1H. The van der Waals surface area contributed by atoms with Crippen molar-refractivity contribution in [2.75, 3.05) is 32.6 Å². The molecule has 0 saturated carbocycles. The number of thiazole rings is 1. The number of carbonyl (C=O) groups excluding carboxylic acids is 1. The number of amides is 1. The van der Waals surface area contributed by atoms with Gasteiger partial charge in [0.05, 0.1) is 17.8 Å². The molecule has 0 bridgehead atoms. The number of carbonyl (C=O) groups is 1. The molecule has 29 heavy (non-hydrogen) atoms. The molecule has 0 radical (unpaired) electrons. The SMILES string of the molecule is CCC(CC)(CNC(=NC)NCc1csc(N(C)C)n1)NC(=O)OC(C)(C)C.I. The van der Waals surface area contributed by atoms with Gasteiger partial charge in [0.1, 0.15) is 5.60 Å². The number of hydrogen-bond donors (Lipinski definition) is 3. The lowest BCUT2D eigenvalue weighted by atomic mass is 9.93. The molecule has 0 unspecified atom stereocenters. The second kappa shape index (κ2) is 12.4. The average Bonchev–Trinajstić information content (AvgIpc) is 3.08. The van der Waals surface area contributed by atoms with Gasteiger partial charge in [-0.2, -0.15) is 0 Å². The smallest absolute Gasteiger partial charge is 0.408 e. The number of aromatic nitrogens is 1. The monoisotopic (exact) mass is 540 g/mol. The van der Waals surface area contributed by atoms with E-state index in [1.54, 1.807) is 18.4 Å². The van der Waals surface area contributed by atoms with Crippen molar-refractivity contribution in [3.63, 3.8) is 0 Å². The van der Waals surface area contributed by atoms with Crippen LogP contribution in [0.3, 0.4) is 0 Å². The first-order chi connectivity index (χ1) is 13.0. The highest BCUT2D eigenvalue weighted by Crippen LogP contribution is 2.18. The average molecular weight is 541 g/mol. The summed E-state index contributed by atoms with van der Waals surface area (Å²) in [7, 11) is 5.68. The molecule has 8 nitrogen and oxygen atoms in total. The number of guanidine groups is 1. The van der Waals surface area contributed by atoms with E-state index in [4.69, 9.17) is 4.74 Å². The van der Waals surface area contributed by atoms with E-state index in [1.165, 1.54) is 0 Å². The van der Waals surface area contributed by atoms with Crippen LogP contribution < -0.4 is 20.9 Å². The maximum Gasteiger partial charge on any atom is 0.408 e. The predicted octanol–water partition coefficient (Wildman–Crippen LogP) is 3.58. The Morgan fingerprint density at radius 3 is 2.31 bits per heavy atom. The minimum atomic E-state index is -0.527. The van der Waals surface area contributed by atoms with Crippen LogP contribution in [0.5, 0.6) is 0 Å². The topological polar surface area (TPSA) is 90.9 Å². The number of anilines is 1. The van der Waals surface area contributed by atoms with E-state index in [2.05, 4.69) is 39.8 Å². The first-order valence-electron chi connectivity index (χ1n) is 9.61. The summed E-state index contributed by atoms with van der Waals surface area (Å²) in [4.78, 5) is 23.1. The van der Waals surface area contributed by atoms with Crippen LogP contribution in [0.2, 0.25) is 0 Å². The van der Waals surface area contributed by atoms with Crippen LogP contribution in [0.1, 0.15) is 53.2 Å². The molecule has 0 atom stereocenters. The number of alkyl carbamates (subject to hydrolysis) is 1. The van der Waals surface area contributed by atoms with Crippen LogP contribution in [-0.4, -0.2) is 55.9 Å². The summed E-state index contributed by atoms with van der Waals surface area (Å²) in [5.74, 6) is 0.664. The van der Waals surface area contributed by atoms with Gasteiger partial charge in [0, 0.05) is 33.1 Å². The van der Waals surface area contributed by atoms with Crippen LogP contribution in [0.15, 0.2) is 10.4 Å². The van der Waals surface area contributed by atoms with Crippen molar-refractivity contribution in [2.24, 2.45) is 4.99 Å². The Morgan fingerprint density at radius 1 is 1.24 bits per heavy atom. The molecular formula is C19H37IN6O2S. The number of rotatable bonds is 8. The summed E-state index contributed by atoms with van der Waals surface area (Å²) >= 11 is 1.61. The zero-order valence-corrected chi connectivity index (χ0v) is 22.0. The minimum absolute atomic E-state index is 0. The highest BCUT2D eigenvalue weighted by molar-refractivity contribution is 14.0. The molecule has 3 N–H and O–H groups in total. The van der Waals surface area contributed by atoms with E-state index in [-0.39, 0.29) is 24.0 Å². The molecule has 0 aliphatic carbocycles. The van der Waals surface area contributed by atoms with Gasteiger partial charge < -0.3 is 25.6 Å². The third-order valence-electron chi connectivity index (χ3n) is 4.30. The first kappa shape index (κ1) is 27.7. The lowest BCUT2D eigenvalue weighted by Gasteiger charge is -2.34. The Labute approximate surface area is 196 Å². The van der Waals surface area contributed by atoms with E-state index in [1.807, 2.05) is 45.1 Å². The number of hydrogen-bond acceptors (Lipinski definition) is 6. The molecule has 0 aromatic carbocycles. The Kier molecular flexibility index (Phi) is 11.9. The molecule has 0 saturated heterocycles. The van der Waals surface area contributed by atoms with Gasteiger partial charge in [0.2, 0.25) is 0 Å². The minimum Gasteiger partial charge on any atom is -0.444 e. The predicted molar refractivity (Wildman–Crippen MR) is 133 cm³/mol. The lowest BCUT2D eigenvalue weighted by Crippen LogP contribution is -2.57. The molecule has 1 rings (SSSR count). The molecule has 1 amide bonds. The van der Waals surface area contributed by atoms with Gasteiger partial charge in [0.25, 0.3) is 0 Å². The Morgan fingerprint density at radius 2 is 1.86 bits per heavy atom. The third kappa shape index (κ3) is 9.83. The van der Waals surface area contributed by atoms with E-state index in [0.29, 0.717) is 19.0 Å². The van der Waals surface area contributed by atoms with Crippen molar-refractivity contribution in [3.05, 3.63) is 11.1 Å². The van der Waals surface area contributed by atoms with Gasteiger partial charge in [-0.25, -0.2) is 9.78 Å². The van der Waals surface area contributed by atoms with Crippen LogP contribution in [0, 0.1) is 0 Å². The largest absolute Gasteiger partial charge is 0.444 e. The maximum absolute atomic E-state index is 12.3. The Bertz CT molecular complexity index is 653. The normalized spacial score (nSPS) is 12.1. The number of nitrogens with zero attached hydrogens (tertiary/aromatic N) is 3. The van der Waals surface area contributed by atoms with E-state index < -0.39 is 17.2 Å². The summed E-state index contributed by atoms with van der Waals surface area (Å²) in [5, 5.41) is 12.6. The molecule has 0 fully saturated rings. The highest BCUT2D eigenvalue weighted by atomic mass is 127. The summed E-state index contributed by atoms with van der Waals surface area (Å²) in [6.45, 7) is 10.8. The van der Waals surface area contributed by atoms with E-state index >= 15 is 0 Å². The van der Waals surface area contributed by atoms with Crippen LogP contribution in [0.4, 0.5) is 9.93 Å². The molecule has 0 spiro atoms. The van der Waals surface area contributed by atoms with Gasteiger partial charge in [-0.3, -0.25) is 4.99 Å². The molecule has 168 valence electrons. The number of nitrogens with one attached hydrogen (secondary N) is 3. The molecule has 1 aromatic rings. The summed E-state index contributed by atoms with van der Waals surface area (Å²) in [6, 6.07) is 0. The second-order valence-electron chi connectivity index (χ2n) is 7.91. The zero-order chi connectivity index (χ0) is 21.4. The Balaban J connectivity index is 0.00000784. The molecule has 10 heteroatoms. The van der Waals surface area contributed by atoms with Crippen molar-refractivity contribution in [1.82, 2.24) is 20.9 Å². The van der Waals surface area contributed by atoms with Gasteiger partial charge in [-0.15, -0.1) is 35.3 Å². The molecule has 0 aliphatic rings. The summed E-state index contributed by atoms with van der Waals surface area (Å²) in [6.07, 6.45) is 1.13. The first-order valence-corrected chi connectivity index (χ1v) is 10.5. The lowest BCUT2D eigenvalue weighted by molar-refractivity contribution is 0.0448. The highest BCUT2D eigenvalue weighted by Gasteiger charge is 2.30. The Hall–Kier alpha value is -1.30. The third-order valence-corrected chi connectivity index (χ3v) is 5.35.